The standard InChI is InChI=1S/C12H21N3S/c1-9-10(2)16-12(14-9)8-15-6-4-5-11(7-15)13-3/h11,13H,4-8H2,1-3H3. The zero-order chi connectivity index (χ0) is 11.5. The molecule has 0 aromatic carbocycles. The van der Waals surface area contributed by atoms with Crippen molar-refractivity contribution in [2.75, 3.05) is 20.1 Å². The van der Waals surface area contributed by atoms with Crippen molar-refractivity contribution >= 4 is 11.3 Å². The van der Waals surface area contributed by atoms with E-state index in [1.165, 1.54) is 35.0 Å². The number of aromatic nitrogens is 1. The van der Waals surface area contributed by atoms with Gasteiger partial charge in [0.25, 0.3) is 0 Å². The van der Waals surface area contributed by atoms with Crippen LogP contribution >= 0.6 is 11.3 Å². The molecule has 0 spiro atoms. The van der Waals surface area contributed by atoms with Gasteiger partial charge < -0.3 is 5.32 Å². The second-order valence-electron chi connectivity index (χ2n) is 4.61. The molecular weight excluding hydrogens is 218 g/mol. The second-order valence-corrected chi connectivity index (χ2v) is 5.90. The zero-order valence-corrected chi connectivity index (χ0v) is 11.2. The Hall–Kier alpha value is -0.450. The van der Waals surface area contributed by atoms with E-state index in [4.69, 9.17) is 0 Å². The van der Waals surface area contributed by atoms with Crippen molar-refractivity contribution in [2.45, 2.75) is 39.3 Å². The van der Waals surface area contributed by atoms with Crippen molar-refractivity contribution in [1.29, 1.82) is 0 Å². The lowest BCUT2D eigenvalue weighted by Gasteiger charge is -2.31. The minimum Gasteiger partial charge on any atom is -0.316 e. The van der Waals surface area contributed by atoms with Gasteiger partial charge >= 0.3 is 0 Å². The molecule has 90 valence electrons. The van der Waals surface area contributed by atoms with Crippen LogP contribution in [0.15, 0.2) is 0 Å². The van der Waals surface area contributed by atoms with E-state index < -0.39 is 0 Å². The first-order valence-corrected chi connectivity index (χ1v) is 6.83. The van der Waals surface area contributed by atoms with E-state index in [0.29, 0.717) is 6.04 Å². The molecule has 1 saturated heterocycles. The van der Waals surface area contributed by atoms with Gasteiger partial charge in [-0.15, -0.1) is 11.3 Å². The van der Waals surface area contributed by atoms with Gasteiger partial charge in [-0.2, -0.15) is 0 Å². The smallest absolute Gasteiger partial charge is 0.107 e. The van der Waals surface area contributed by atoms with Gasteiger partial charge in [0.05, 0.1) is 12.2 Å². The number of thiazole rings is 1. The number of rotatable bonds is 3. The monoisotopic (exact) mass is 239 g/mol. The average Bonchev–Trinajstić information content (AvgIpc) is 2.58. The number of piperidine rings is 1. The molecule has 16 heavy (non-hydrogen) atoms. The van der Waals surface area contributed by atoms with E-state index in [9.17, 15) is 0 Å². The molecular formula is C12H21N3S. The molecule has 0 bridgehead atoms. The van der Waals surface area contributed by atoms with Crippen LogP contribution in [0.5, 0.6) is 0 Å². The second kappa shape index (κ2) is 5.25. The summed E-state index contributed by atoms with van der Waals surface area (Å²) in [7, 11) is 2.06. The van der Waals surface area contributed by atoms with Crippen LogP contribution in [0.2, 0.25) is 0 Å². The fourth-order valence-electron chi connectivity index (χ4n) is 2.23. The Morgan fingerprint density at radius 3 is 2.94 bits per heavy atom. The molecule has 1 fully saturated rings. The van der Waals surface area contributed by atoms with Crippen LogP contribution in [0, 0.1) is 13.8 Å². The number of likely N-dealkylation sites (tertiary alicyclic amines) is 1. The number of aryl methyl sites for hydroxylation is 2. The minimum absolute atomic E-state index is 0.663. The highest BCUT2D eigenvalue weighted by Gasteiger charge is 2.19. The Morgan fingerprint density at radius 2 is 2.31 bits per heavy atom. The number of hydrogen-bond donors (Lipinski definition) is 1. The fourth-order valence-corrected chi connectivity index (χ4v) is 3.21. The Bertz CT molecular complexity index is 329. The summed E-state index contributed by atoms with van der Waals surface area (Å²) < 4.78 is 0. The number of nitrogens with one attached hydrogen (secondary N) is 1. The summed E-state index contributed by atoms with van der Waals surface area (Å²) in [5, 5.41) is 4.65. The van der Waals surface area contributed by atoms with E-state index in [1.807, 2.05) is 11.3 Å². The quantitative estimate of drug-likeness (QED) is 0.874. The summed E-state index contributed by atoms with van der Waals surface area (Å²) in [6, 6.07) is 0.663. The average molecular weight is 239 g/mol. The van der Waals surface area contributed by atoms with Gasteiger partial charge in [0.2, 0.25) is 0 Å². The van der Waals surface area contributed by atoms with Gasteiger partial charge in [-0.25, -0.2) is 4.98 Å². The van der Waals surface area contributed by atoms with E-state index in [1.54, 1.807) is 0 Å². The molecule has 1 aromatic heterocycles. The van der Waals surface area contributed by atoms with Crippen LogP contribution < -0.4 is 5.32 Å². The van der Waals surface area contributed by atoms with Crippen molar-refractivity contribution in [3.63, 3.8) is 0 Å². The summed E-state index contributed by atoms with van der Waals surface area (Å²) >= 11 is 1.84. The molecule has 1 aromatic rings. The molecule has 3 nitrogen and oxygen atoms in total. The SMILES string of the molecule is CNC1CCCN(Cc2nc(C)c(C)s2)C1. The molecule has 2 rings (SSSR count). The molecule has 1 atom stereocenters. The topological polar surface area (TPSA) is 28.2 Å². The Labute approximate surface area is 102 Å². The lowest BCUT2D eigenvalue weighted by molar-refractivity contribution is 0.188. The highest BCUT2D eigenvalue weighted by Crippen LogP contribution is 2.20. The molecule has 0 saturated carbocycles. The van der Waals surface area contributed by atoms with E-state index in [2.05, 4.69) is 36.1 Å². The maximum Gasteiger partial charge on any atom is 0.107 e. The molecule has 0 radical (unpaired) electrons. The fraction of sp³-hybridized carbons (Fsp3) is 0.750. The normalized spacial score (nSPS) is 22.6. The Morgan fingerprint density at radius 1 is 1.50 bits per heavy atom. The Kier molecular flexibility index (Phi) is 3.95. The molecule has 4 heteroatoms. The van der Waals surface area contributed by atoms with E-state index in [0.717, 1.165) is 13.1 Å². The number of hydrogen-bond acceptors (Lipinski definition) is 4. The van der Waals surface area contributed by atoms with Crippen molar-refractivity contribution in [2.24, 2.45) is 0 Å². The highest BCUT2D eigenvalue weighted by molar-refractivity contribution is 7.11. The predicted molar refractivity (Wildman–Crippen MR) is 68.9 cm³/mol. The molecule has 1 aliphatic heterocycles. The summed E-state index contributed by atoms with van der Waals surface area (Å²) in [6.07, 6.45) is 2.61. The van der Waals surface area contributed by atoms with Crippen LogP contribution in [-0.2, 0) is 6.54 Å². The zero-order valence-electron chi connectivity index (χ0n) is 10.4. The first-order valence-electron chi connectivity index (χ1n) is 6.01. The van der Waals surface area contributed by atoms with Crippen molar-refractivity contribution in [3.05, 3.63) is 15.6 Å². The lowest BCUT2D eigenvalue weighted by Crippen LogP contribution is -2.43. The summed E-state index contributed by atoms with van der Waals surface area (Å²) in [4.78, 5) is 8.49. The maximum atomic E-state index is 4.61. The van der Waals surface area contributed by atoms with Gasteiger partial charge in [0.15, 0.2) is 0 Å². The van der Waals surface area contributed by atoms with Gasteiger partial charge in [0, 0.05) is 17.5 Å². The number of likely N-dealkylation sites (N-methyl/N-ethyl adjacent to an activating group) is 1. The highest BCUT2D eigenvalue weighted by atomic mass is 32.1. The third-order valence-electron chi connectivity index (χ3n) is 3.35. The van der Waals surface area contributed by atoms with E-state index >= 15 is 0 Å². The van der Waals surface area contributed by atoms with Gasteiger partial charge in [0.1, 0.15) is 5.01 Å². The molecule has 0 amide bonds. The van der Waals surface area contributed by atoms with E-state index in [-0.39, 0.29) is 0 Å². The van der Waals surface area contributed by atoms with Gasteiger partial charge in [-0.1, -0.05) is 0 Å². The third kappa shape index (κ3) is 2.81. The predicted octanol–water partition coefficient (Wildman–Crippen LogP) is 1.94. The minimum atomic E-state index is 0.663. The summed E-state index contributed by atoms with van der Waals surface area (Å²) in [5.74, 6) is 0. The largest absolute Gasteiger partial charge is 0.316 e. The molecule has 2 heterocycles. The van der Waals surface area contributed by atoms with Crippen LogP contribution in [-0.4, -0.2) is 36.1 Å². The lowest BCUT2D eigenvalue weighted by atomic mass is 10.1. The van der Waals surface area contributed by atoms with Crippen molar-refractivity contribution < 1.29 is 0 Å². The molecule has 0 aliphatic carbocycles. The summed E-state index contributed by atoms with van der Waals surface area (Å²) in [5.41, 5.74) is 1.20. The first-order chi connectivity index (χ1) is 7.69. The van der Waals surface area contributed by atoms with Crippen LogP contribution in [0.4, 0.5) is 0 Å². The molecule has 1 aliphatic rings. The number of nitrogens with zero attached hydrogens (tertiary/aromatic N) is 2. The van der Waals surface area contributed by atoms with Crippen LogP contribution in [0.25, 0.3) is 0 Å². The van der Waals surface area contributed by atoms with Crippen molar-refractivity contribution in [3.8, 4) is 0 Å². The molecule has 1 N–H and O–H groups in total. The van der Waals surface area contributed by atoms with Gasteiger partial charge in [-0.3, -0.25) is 4.90 Å². The van der Waals surface area contributed by atoms with Crippen LogP contribution in [0.3, 0.4) is 0 Å². The first kappa shape index (κ1) is 12.0. The van der Waals surface area contributed by atoms with Crippen LogP contribution in [0.1, 0.15) is 28.4 Å². The maximum absolute atomic E-state index is 4.61. The molecule has 1 unspecified atom stereocenters. The Balaban J connectivity index is 1.93. The van der Waals surface area contributed by atoms with Crippen molar-refractivity contribution in [1.82, 2.24) is 15.2 Å². The third-order valence-corrected chi connectivity index (χ3v) is 4.40. The summed E-state index contributed by atoms with van der Waals surface area (Å²) in [6.45, 7) is 7.66. The van der Waals surface area contributed by atoms with Gasteiger partial charge in [-0.05, 0) is 40.3 Å².